The molecule has 54 valence electrons. The minimum atomic E-state index is -2.48. The third kappa shape index (κ3) is 3.06. The second-order valence-electron chi connectivity index (χ2n) is 1.52. The third-order valence-electron chi connectivity index (χ3n) is 0.856. The number of rotatable bonds is 3. The molecule has 0 saturated heterocycles. The summed E-state index contributed by atoms with van der Waals surface area (Å²) < 4.78 is 27.7. The van der Waals surface area contributed by atoms with Crippen LogP contribution < -0.4 is 0 Å². The number of hydrogen-bond donors (Lipinski definition) is 0. The number of ether oxygens (including phenoxy) is 1. The van der Waals surface area contributed by atoms with Gasteiger partial charge in [0.05, 0.1) is 7.11 Å². The van der Waals surface area contributed by atoms with Crippen LogP contribution in [0.3, 0.4) is 0 Å². The van der Waals surface area contributed by atoms with E-state index in [2.05, 4.69) is 4.74 Å². The SMILES string of the molecule is CC/C=C(/OC)C(F)F. The van der Waals surface area contributed by atoms with E-state index in [-0.39, 0.29) is 5.76 Å². The van der Waals surface area contributed by atoms with E-state index in [4.69, 9.17) is 0 Å². The summed E-state index contributed by atoms with van der Waals surface area (Å²) in [7, 11) is 1.24. The quantitative estimate of drug-likeness (QED) is 0.540. The van der Waals surface area contributed by atoms with Crippen LogP contribution in [-0.2, 0) is 4.74 Å². The first-order valence-electron chi connectivity index (χ1n) is 2.74. The van der Waals surface area contributed by atoms with E-state index in [1.807, 2.05) is 0 Å². The molecule has 0 saturated carbocycles. The number of alkyl halides is 2. The number of methoxy groups -OCH3 is 1. The van der Waals surface area contributed by atoms with E-state index in [1.165, 1.54) is 13.2 Å². The Balaban J connectivity index is 3.81. The molecular weight excluding hydrogens is 126 g/mol. The number of allylic oxidation sites excluding steroid dienone is 2. The summed E-state index contributed by atoms with van der Waals surface area (Å²) in [6.45, 7) is 1.78. The fourth-order valence-electron chi connectivity index (χ4n) is 0.463. The van der Waals surface area contributed by atoms with Crippen LogP contribution in [0.15, 0.2) is 11.8 Å². The largest absolute Gasteiger partial charge is 0.495 e. The molecule has 0 aliphatic rings. The second kappa shape index (κ2) is 4.30. The molecule has 0 aromatic heterocycles. The predicted molar refractivity (Wildman–Crippen MR) is 31.4 cm³/mol. The summed E-state index contributed by atoms with van der Waals surface area (Å²) in [5.41, 5.74) is 0. The van der Waals surface area contributed by atoms with Gasteiger partial charge in [-0.3, -0.25) is 0 Å². The van der Waals surface area contributed by atoms with E-state index in [0.717, 1.165) is 0 Å². The lowest BCUT2D eigenvalue weighted by molar-refractivity contribution is 0.105. The Hall–Kier alpha value is -0.600. The molecule has 0 aliphatic heterocycles. The van der Waals surface area contributed by atoms with Gasteiger partial charge in [0.1, 0.15) is 0 Å². The van der Waals surface area contributed by atoms with Crippen LogP contribution >= 0.6 is 0 Å². The van der Waals surface area contributed by atoms with Gasteiger partial charge in [-0.05, 0) is 12.5 Å². The van der Waals surface area contributed by atoms with E-state index in [1.54, 1.807) is 6.92 Å². The molecule has 0 bridgehead atoms. The maximum Gasteiger partial charge on any atom is 0.294 e. The summed E-state index contributed by atoms with van der Waals surface area (Å²) in [5.74, 6) is -0.238. The molecular formula is C6H10F2O. The van der Waals surface area contributed by atoms with Gasteiger partial charge < -0.3 is 4.74 Å². The van der Waals surface area contributed by atoms with Gasteiger partial charge >= 0.3 is 0 Å². The van der Waals surface area contributed by atoms with E-state index in [0.29, 0.717) is 6.42 Å². The molecule has 0 N–H and O–H groups in total. The van der Waals surface area contributed by atoms with E-state index < -0.39 is 6.43 Å². The van der Waals surface area contributed by atoms with Crippen LogP contribution in [0, 0.1) is 0 Å². The summed E-state index contributed by atoms with van der Waals surface area (Å²) in [4.78, 5) is 0. The summed E-state index contributed by atoms with van der Waals surface area (Å²) in [5, 5.41) is 0. The van der Waals surface area contributed by atoms with Crippen molar-refractivity contribution in [3.63, 3.8) is 0 Å². The van der Waals surface area contributed by atoms with Gasteiger partial charge in [-0.1, -0.05) is 6.92 Å². The van der Waals surface area contributed by atoms with Crippen molar-refractivity contribution in [3.05, 3.63) is 11.8 Å². The van der Waals surface area contributed by atoms with Crippen LogP contribution in [0.4, 0.5) is 8.78 Å². The van der Waals surface area contributed by atoms with Crippen molar-refractivity contribution in [1.29, 1.82) is 0 Å². The molecule has 0 fully saturated rings. The minimum absolute atomic E-state index is 0.238. The first-order chi connectivity index (χ1) is 4.22. The number of hydrogen-bond acceptors (Lipinski definition) is 1. The standard InChI is InChI=1S/C6H10F2O/c1-3-4-5(9-2)6(7)8/h4,6H,3H2,1-2H3/b5-4+. The predicted octanol–water partition coefficient (Wildman–Crippen LogP) is 2.19. The van der Waals surface area contributed by atoms with Crippen molar-refractivity contribution >= 4 is 0 Å². The van der Waals surface area contributed by atoms with Crippen molar-refractivity contribution in [2.24, 2.45) is 0 Å². The maximum atomic E-state index is 11.7. The molecule has 0 aliphatic carbocycles. The van der Waals surface area contributed by atoms with Gasteiger partial charge in [0.25, 0.3) is 6.43 Å². The highest BCUT2D eigenvalue weighted by atomic mass is 19.3. The average Bonchev–Trinajstić information content (AvgIpc) is 1.82. The van der Waals surface area contributed by atoms with Crippen LogP contribution in [0.2, 0.25) is 0 Å². The van der Waals surface area contributed by atoms with Crippen LogP contribution in [0.25, 0.3) is 0 Å². The van der Waals surface area contributed by atoms with Crippen molar-refractivity contribution in [2.75, 3.05) is 7.11 Å². The fraction of sp³-hybridized carbons (Fsp3) is 0.667. The van der Waals surface area contributed by atoms with Crippen molar-refractivity contribution in [3.8, 4) is 0 Å². The van der Waals surface area contributed by atoms with Gasteiger partial charge in [0.2, 0.25) is 0 Å². The van der Waals surface area contributed by atoms with Crippen molar-refractivity contribution in [1.82, 2.24) is 0 Å². The fourth-order valence-corrected chi connectivity index (χ4v) is 0.463. The van der Waals surface area contributed by atoms with Gasteiger partial charge in [0.15, 0.2) is 5.76 Å². The Morgan fingerprint density at radius 3 is 2.33 bits per heavy atom. The lowest BCUT2D eigenvalue weighted by Gasteiger charge is -2.01. The molecule has 0 amide bonds. The summed E-state index contributed by atoms with van der Waals surface area (Å²) in [6, 6.07) is 0. The summed E-state index contributed by atoms with van der Waals surface area (Å²) in [6.07, 6.45) is -0.534. The van der Waals surface area contributed by atoms with Crippen molar-refractivity contribution < 1.29 is 13.5 Å². The Labute approximate surface area is 53.3 Å². The zero-order chi connectivity index (χ0) is 7.28. The molecule has 1 nitrogen and oxygen atoms in total. The van der Waals surface area contributed by atoms with Crippen LogP contribution in [0.1, 0.15) is 13.3 Å². The maximum absolute atomic E-state index is 11.7. The minimum Gasteiger partial charge on any atom is -0.495 e. The highest BCUT2D eigenvalue weighted by Crippen LogP contribution is 2.08. The summed E-state index contributed by atoms with van der Waals surface area (Å²) >= 11 is 0. The molecule has 0 rings (SSSR count). The van der Waals surface area contributed by atoms with Crippen molar-refractivity contribution in [2.45, 2.75) is 19.8 Å². The topological polar surface area (TPSA) is 9.23 Å². The highest BCUT2D eigenvalue weighted by Gasteiger charge is 2.08. The van der Waals surface area contributed by atoms with Gasteiger partial charge in [0, 0.05) is 0 Å². The van der Waals surface area contributed by atoms with Gasteiger partial charge in [-0.2, -0.15) is 0 Å². The zero-order valence-corrected chi connectivity index (χ0v) is 5.53. The van der Waals surface area contributed by atoms with Crippen LogP contribution in [-0.4, -0.2) is 13.5 Å². The third-order valence-corrected chi connectivity index (χ3v) is 0.856. The van der Waals surface area contributed by atoms with Crippen LogP contribution in [0.5, 0.6) is 0 Å². The molecule has 3 heteroatoms. The number of halogens is 2. The molecule has 0 aromatic carbocycles. The Morgan fingerprint density at radius 1 is 1.67 bits per heavy atom. The molecule has 0 radical (unpaired) electrons. The Kier molecular flexibility index (Phi) is 4.01. The average molecular weight is 136 g/mol. The monoisotopic (exact) mass is 136 g/mol. The molecule has 0 atom stereocenters. The smallest absolute Gasteiger partial charge is 0.294 e. The molecule has 0 spiro atoms. The van der Waals surface area contributed by atoms with Gasteiger partial charge in [-0.25, -0.2) is 8.78 Å². The van der Waals surface area contributed by atoms with Gasteiger partial charge in [-0.15, -0.1) is 0 Å². The molecule has 0 aromatic rings. The second-order valence-corrected chi connectivity index (χ2v) is 1.52. The van der Waals surface area contributed by atoms with E-state index >= 15 is 0 Å². The molecule has 0 unspecified atom stereocenters. The molecule has 9 heavy (non-hydrogen) atoms. The lowest BCUT2D eigenvalue weighted by Crippen LogP contribution is -1.98. The highest BCUT2D eigenvalue weighted by molar-refractivity contribution is 4.94. The normalized spacial score (nSPS) is 12.3. The Morgan fingerprint density at radius 2 is 2.22 bits per heavy atom. The van der Waals surface area contributed by atoms with E-state index in [9.17, 15) is 8.78 Å². The zero-order valence-electron chi connectivity index (χ0n) is 5.53. The Bertz CT molecular complexity index is 99.2. The first-order valence-corrected chi connectivity index (χ1v) is 2.74. The lowest BCUT2D eigenvalue weighted by atomic mass is 10.4. The molecule has 0 heterocycles. The first kappa shape index (κ1) is 8.40.